The standard InChI is InChI=1S/C15H20Cl2N2O3S/c1-18(12-5-3-4-6-12)15(20)10-19(23(2,21)22)14-8-7-11(16)9-13(14)17/h7-9,12H,3-6,10H2,1-2H3. The minimum atomic E-state index is -3.65. The van der Waals surface area contributed by atoms with Crippen molar-refractivity contribution < 1.29 is 13.2 Å². The molecule has 1 fully saturated rings. The Morgan fingerprint density at radius 2 is 1.87 bits per heavy atom. The van der Waals surface area contributed by atoms with Gasteiger partial charge in [-0.25, -0.2) is 8.42 Å². The van der Waals surface area contributed by atoms with E-state index >= 15 is 0 Å². The van der Waals surface area contributed by atoms with Gasteiger partial charge in [0.15, 0.2) is 0 Å². The summed E-state index contributed by atoms with van der Waals surface area (Å²) in [6.45, 7) is -0.271. The monoisotopic (exact) mass is 378 g/mol. The second kappa shape index (κ2) is 7.28. The number of carbonyl (C=O) groups excluding carboxylic acids is 1. The topological polar surface area (TPSA) is 57.7 Å². The zero-order valence-corrected chi connectivity index (χ0v) is 15.5. The molecule has 0 N–H and O–H groups in total. The third-order valence-electron chi connectivity index (χ3n) is 4.12. The first kappa shape index (κ1) is 18.4. The van der Waals surface area contributed by atoms with Gasteiger partial charge in [0.25, 0.3) is 0 Å². The normalized spacial score (nSPS) is 15.7. The number of likely N-dealkylation sites (N-methyl/N-ethyl adjacent to an activating group) is 1. The van der Waals surface area contributed by atoms with Crippen LogP contribution in [-0.2, 0) is 14.8 Å². The zero-order valence-electron chi connectivity index (χ0n) is 13.1. The van der Waals surface area contributed by atoms with E-state index in [1.54, 1.807) is 18.0 Å². The van der Waals surface area contributed by atoms with E-state index in [1.165, 1.54) is 12.1 Å². The average molecular weight is 379 g/mol. The molecule has 0 spiro atoms. The molecule has 0 aromatic heterocycles. The summed E-state index contributed by atoms with van der Waals surface area (Å²) in [5.74, 6) is -0.242. The molecule has 0 heterocycles. The third-order valence-corrected chi connectivity index (χ3v) is 5.79. The second-order valence-corrected chi connectivity index (χ2v) is 8.56. The highest BCUT2D eigenvalue weighted by molar-refractivity contribution is 7.92. The van der Waals surface area contributed by atoms with Crippen LogP contribution in [0.25, 0.3) is 0 Å². The van der Waals surface area contributed by atoms with E-state index in [4.69, 9.17) is 23.2 Å². The summed E-state index contributed by atoms with van der Waals surface area (Å²) in [7, 11) is -1.92. The Morgan fingerprint density at radius 1 is 1.26 bits per heavy atom. The number of hydrogen-bond donors (Lipinski definition) is 0. The van der Waals surface area contributed by atoms with E-state index in [9.17, 15) is 13.2 Å². The highest BCUT2D eigenvalue weighted by Crippen LogP contribution is 2.30. The third kappa shape index (κ3) is 4.52. The van der Waals surface area contributed by atoms with E-state index in [1.807, 2.05) is 0 Å². The van der Waals surface area contributed by atoms with Crippen LogP contribution < -0.4 is 4.31 Å². The zero-order chi connectivity index (χ0) is 17.2. The lowest BCUT2D eigenvalue weighted by molar-refractivity contribution is -0.130. The van der Waals surface area contributed by atoms with Gasteiger partial charge in [-0.2, -0.15) is 0 Å². The summed E-state index contributed by atoms with van der Waals surface area (Å²) >= 11 is 12.0. The molecule has 0 saturated heterocycles. The fourth-order valence-corrected chi connectivity index (χ4v) is 4.22. The van der Waals surface area contributed by atoms with Crippen molar-refractivity contribution in [3.05, 3.63) is 28.2 Å². The maximum absolute atomic E-state index is 12.5. The fraction of sp³-hybridized carbons (Fsp3) is 0.533. The minimum Gasteiger partial charge on any atom is -0.341 e. The number of halogens is 2. The van der Waals surface area contributed by atoms with Crippen LogP contribution in [0.3, 0.4) is 0 Å². The van der Waals surface area contributed by atoms with Gasteiger partial charge < -0.3 is 4.90 Å². The van der Waals surface area contributed by atoms with Crippen LogP contribution in [0.2, 0.25) is 10.0 Å². The number of nitrogens with zero attached hydrogens (tertiary/aromatic N) is 2. The molecule has 0 atom stereocenters. The van der Waals surface area contributed by atoms with Crippen molar-refractivity contribution in [2.45, 2.75) is 31.7 Å². The minimum absolute atomic E-state index is 0.185. The molecule has 1 aliphatic rings. The van der Waals surface area contributed by atoms with E-state index in [2.05, 4.69) is 0 Å². The summed E-state index contributed by atoms with van der Waals surface area (Å²) in [5.41, 5.74) is 0.256. The van der Waals surface area contributed by atoms with Crippen molar-refractivity contribution in [1.29, 1.82) is 0 Å². The molecule has 0 aliphatic heterocycles. The second-order valence-electron chi connectivity index (χ2n) is 5.81. The Morgan fingerprint density at radius 3 is 2.39 bits per heavy atom. The number of anilines is 1. The van der Waals surface area contributed by atoms with Gasteiger partial charge in [-0.15, -0.1) is 0 Å². The molecule has 1 aromatic rings. The Labute approximate surface area is 147 Å². The van der Waals surface area contributed by atoms with Crippen LogP contribution in [0.15, 0.2) is 18.2 Å². The van der Waals surface area contributed by atoms with E-state index in [-0.39, 0.29) is 29.2 Å². The van der Waals surface area contributed by atoms with Crippen molar-refractivity contribution in [2.75, 3.05) is 24.2 Å². The van der Waals surface area contributed by atoms with Crippen LogP contribution in [0.5, 0.6) is 0 Å². The molecule has 0 bridgehead atoms. The van der Waals surface area contributed by atoms with Crippen LogP contribution in [-0.4, -0.2) is 45.1 Å². The van der Waals surface area contributed by atoms with E-state index < -0.39 is 10.0 Å². The number of rotatable bonds is 5. The van der Waals surface area contributed by atoms with E-state index in [0.29, 0.717) is 5.02 Å². The van der Waals surface area contributed by atoms with Crippen molar-refractivity contribution >= 4 is 44.8 Å². The van der Waals surface area contributed by atoms with Crippen LogP contribution in [0.4, 0.5) is 5.69 Å². The highest BCUT2D eigenvalue weighted by Gasteiger charge is 2.28. The lowest BCUT2D eigenvalue weighted by atomic mass is 10.2. The highest BCUT2D eigenvalue weighted by atomic mass is 35.5. The summed E-state index contributed by atoms with van der Waals surface area (Å²) in [6, 6.07) is 4.70. The Kier molecular flexibility index (Phi) is 5.81. The number of carbonyl (C=O) groups is 1. The quantitative estimate of drug-likeness (QED) is 0.790. The summed E-state index contributed by atoms with van der Waals surface area (Å²) in [6.07, 6.45) is 5.18. The van der Waals surface area contributed by atoms with Gasteiger partial charge in [0, 0.05) is 18.1 Å². The summed E-state index contributed by atoms with van der Waals surface area (Å²) in [4.78, 5) is 14.1. The molecule has 5 nitrogen and oxygen atoms in total. The number of amides is 1. The first-order valence-electron chi connectivity index (χ1n) is 7.38. The number of hydrogen-bond acceptors (Lipinski definition) is 3. The van der Waals surface area contributed by atoms with Crippen molar-refractivity contribution in [3.8, 4) is 0 Å². The Bertz CT molecular complexity index is 688. The van der Waals surface area contributed by atoms with Crippen molar-refractivity contribution in [2.24, 2.45) is 0 Å². The van der Waals surface area contributed by atoms with Gasteiger partial charge >= 0.3 is 0 Å². The fourth-order valence-electron chi connectivity index (χ4n) is 2.79. The van der Waals surface area contributed by atoms with Gasteiger partial charge in [-0.05, 0) is 31.0 Å². The van der Waals surface area contributed by atoms with Crippen LogP contribution >= 0.6 is 23.2 Å². The number of benzene rings is 1. The lowest BCUT2D eigenvalue weighted by Crippen LogP contribution is -2.44. The van der Waals surface area contributed by atoms with Gasteiger partial charge in [0.05, 0.1) is 17.0 Å². The Balaban J connectivity index is 2.24. The SMILES string of the molecule is CN(C(=O)CN(c1ccc(Cl)cc1Cl)S(C)(=O)=O)C1CCCC1. The van der Waals surface area contributed by atoms with Gasteiger partial charge in [0.1, 0.15) is 6.54 Å². The molecular formula is C15H20Cl2N2O3S. The predicted octanol–water partition coefficient (Wildman–Crippen LogP) is 3.16. The largest absolute Gasteiger partial charge is 0.341 e. The molecule has 0 radical (unpaired) electrons. The van der Waals surface area contributed by atoms with Crippen molar-refractivity contribution in [1.82, 2.24) is 4.90 Å². The molecule has 1 amide bonds. The maximum atomic E-state index is 12.5. The van der Waals surface area contributed by atoms with Gasteiger partial charge in [-0.3, -0.25) is 9.10 Å². The lowest BCUT2D eigenvalue weighted by Gasteiger charge is -2.29. The van der Waals surface area contributed by atoms with Crippen LogP contribution in [0, 0.1) is 0 Å². The van der Waals surface area contributed by atoms with Crippen LogP contribution in [0.1, 0.15) is 25.7 Å². The summed E-state index contributed by atoms with van der Waals surface area (Å²) < 4.78 is 25.3. The average Bonchev–Trinajstić information content (AvgIpc) is 2.97. The van der Waals surface area contributed by atoms with Crippen molar-refractivity contribution in [3.63, 3.8) is 0 Å². The summed E-state index contributed by atoms with van der Waals surface area (Å²) in [5, 5.41) is 0.598. The van der Waals surface area contributed by atoms with Gasteiger partial charge in [-0.1, -0.05) is 36.0 Å². The molecule has 1 aromatic carbocycles. The first-order chi connectivity index (χ1) is 10.7. The first-order valence-corrected chi connectivity index (χ1v) is 9.99. The predicted molar refractivity (Wildman–Crippen MR) is 93.7 cm³/mol. The number of sulfonamides is 1. The molecule has 8 heteroatoms. The molecular weight excluding hydrogens is 359 g/mol. The Hall–Kier alpha value is -0.980. The molecule has 0 unspecified atom stereocenters. The van der Waals surface area contributed by atoms with Gasteiger partial charge in [0.2, 0.25) is 15.9 Å². The molecule has 1 saturated carbocycles. The maximum Gasteiger partial charge on any atom is 0.243 e. The molecule has 1 aliphatic carbocycles. The molecule has 2 rings (SSSR count). The van der Waals surface area contributed by atoms with E-state index in [0.717, 1.165) is 36.2 Å². The smallest absolute Gasteiger partial charge is 0.243 e. The molecule has 128 valence electrons. The molecule has 23 heavy (non-hydrogen) atoms.